The van der Waals surface area contributed by atoms with Gasteiger partial charge in [0.2, 0.25) is 5.75 Å². The number of carboxylic acids is 1. The van der Waals surface area contributed by atoms with Gasteiger partial charge < -0.3 is 30.7 Å². The van der Waals surface area contributed by atoms with E-state index in [9.17, 15) is 15.0 Å². The van der Waals surface area contributed by atoms with E-state index in [1.54, 1.807) is 30.3 Å². The molecule has 202 valence electrons. The first-order valence-electron chi connectivity index (χ1n) is 13.0. The van der Waals surface area contributed by atoms with E-state index in [1.165, 1.54) is 25.3 Å². The zero-order valence-corrected chi connectivity index (χ0v) is 22.1. The lowest BCUT2D eigenvalue weighted by atomic mass is 9.73. The van der Waals surface area contributed by atoms with Crippen molar-refractivity contribution in [1.29, 1.82) is 5.41 Å². The third kappa shape index (κ3) is 3.83. The number of anilines is 1. The van der Waals surface area contributed by atoms with Gasteiger partial charge in [-0.3, -0.25) is 5.41 Å². The number of nitrogen functional groups attached to an aromatic ring is 1. The second kappa shape index (κ2) is 9.64. The van der Waals surface area contributed by atoms with Crippen LogP contribution < -0.4 is 20.5 Å². The molecule has 3 atom stereocenters. The van der Waals surface area contributed by atoms with Gasteiger partial charge in [-0.25, -0.2) is 4.79 Å². The van der Waals surface area contributed by atoms with Gasteiger partial charge in [-0.05, 0) is 64.9 Å². The molecule has 6 rings (SSSR count). The van der Waals surface area contributed by atoms with Crippen molar-refractivity contribution >= 4 is 17.5 Å². The standard InChI is InChI=1S/C32H29N3O5/c1-39-25-15-23(27(30(40-2)29(25)36)19-9-5-6-10-20(19)32(37)38)28-22-13-16-7-3-4-8-18(16)26(22)21-14-17(31(33)34)11-12-24(21)35-28/h3-12,14-15,22,26,28,35-36H,13H2,1-2H3,(H3,33,34)(H,37,38). The topological polar surface area (TPSA) is 138 Å². The summed E-state index contributed by atoms with van der Waals surface area (Å²) in [5.41, 5.74) is 12.7. The largest absolute Gasteiger partial charge is 0.502 e. The molecule has 8 nitrogen and oxygen atoms in total. The fraction of sp³-hybridized carbons (Fsp3) is 0.188. The highest BCUT2D eigenvalue weighted by molar-refractivity contribution is 5.99. The maximum atomic E-state index is 12.3. The number of hydrogen-bond donors (Lipinski definition) is 5. The summed E-state index contributed by atoms with van der Waals surface area (Å²) in [4.78, 5) is 12.3. The van der Waals surface area contributed by atoms with Crippen LogP contribution in [0.25, 0.3) is 11.1 Å². The quantitative estimate of drug-likeness (QED) is 0.162. The SMILES string of the molecule is COc1cc(C2Nc3ccc(C(=N)N)cc3C3c4ccccc4CC23)c(-c2ccccc2C(=O)O)c(OC)c1O. The summed E-state index contributed by atoms with van der Waals surface area (Å²) in [6.07, 6.45) is 0.772. The van der Waals surface area contributed by atoms with Crippen LogP contribution in [0, 0.1) is 11.3 Å². The summed E-state index contributed by atoms with van der Waals surface area (Å²) in [5.74, 6) is -0.855. The molecule has 8 heteroatoms. The van der Waals surface area contributed by atoms with Crippen molar-refractivity contribution in [3.05, 3.63) is 106 Å². The Morgan fingerprint density at radius 1 is 0.975 bits per heavy atom. The summed E-state index contributed by atoms with van der Waals surface area (Å²) in [5, 5.41) is 32.9. The molecular weight excluding hydrogens is 506 g/mol. The maximum Gasteiger partial charge on any atom is 0.336 e. The molecule has 1 aliphatic heterocycles. The lowest BCUT2D eigenvalue weighted by molar-refractivity contribution is 0.0697. The molecule has 4 aromatic rings. The van der Waals surface area contributed by atoms with Gasteiger partial charge in [-0.15, -0.1) is 0 Å². The minimum Gasteiger partial charge on any atom is -0.502 e. The lowest BCUT2D eigenvalue weighted by Crippen LogP contribution is -2.31. The molecule has 0 radical (unpaired) electrons. The smallest absolute Gasteiger partial charge is 0.336 e. The number of carbonyl (C=O) groups is 1. The van der Waals surface area contributed by atoms with Gasteiger partial charge in [0.1, 0.15) is 5.84 Å². The van der Waals surface area contributed by atoms with Crippen molar-refractivity contribution in [1.82, 2.24) is 0 Å². The van der Waals surface area contributed by atoms with Gasteiger partial charge in [0.25, 0.3) is 0 Å². The molecule has 3 unspecified atom stereocenters. The number of amidine groups is 1. The van der Waals surface area contributed by atoms with E-state index in [0.717, 1.165) is 23.2 Å². The average Bonchev–Trinajstić information content (AvgIpc) is 3.36. The van der Waals surface area contributed by atoms with Crippen LogP contribution in [-0.2, 0) is 6.42 Å². The Morgan fingerprint density at radius 2 is 1.73 bits per heavy atom. The molecule has 40 heavy (non-hydrogen) atoms. The highest BCUT2D eigenvalue weighted by atomic mass is 16.5. The zero-order valence-electron chi connectivity index (χ0n) is 22.1. The number of rotatable bonds is 6. The van der Waals surface area contributed by atoms with Crippen LogP contribution in [0.3, 0.4) is 0 Å². The molecule has 1 aliphatic carbocycles. The molecule has 6 N–H and O–H groups in total. The first kappa shape index (κ1) is 25.3. The number of nitrogens with one attached hydrogen (secondary N) is 2. The number of fused-ring (bicyclic) bond motifs is 5. The Labute approximate surface area is 231 Å². The van der Waals surface area contributed by atoms with Crippen LogP contribution in [0.5, 0.6) is 17.2 Å². The van der Waals surface area contributed by atoms with Gasteiger partial charge in [-0.2, -0.15) is 0 Å². The van der Waals surface area contributed by atoms with Crippen LogP contribution in [0.1, 0.15) is 50.1 Å². The van der Waals surface area contributed by atoms with Gasteiger partial charge >= 0.3 is 5.97 Å². The zero-order chi connectivity index (χ0) is 28.1. The van der Waals surface area contributed by atoms with E-state index in [-0.39, 0.29) is 46.5 Å². The molecule has 0 bridgehead atoms. The molecule has 4 aromatic carbocycles. The second-order valence-electron chi connectivity index (χ2n) is 10.2. The van der Waals surface area contributed by atoms with Crippen LogP contribution in [-0.4, -0.2) is 36.2 Å². The van der Waals surface area contributed by atoms with Crippen LogP contribution >= 0.6 is 0 Å². The van der Waals surface area contributed by atoms with Crippen LogP contribution in [0.15, 0.2) is 72.8 Å². The number of aromatic carboxylic acids is 1. The van der Waals surface area contributed by atoms with E-state index in [4.69, 9.17) is 20.6 Å². The predicted molar refractivity (Wildman–Crippen MR) is 153 cm³/mol. The summed E-state index contributed by atoms with van der Waals surface area (Å²) in [6.45, 7) is 0. The van der Waals surface area contributed by atoms with Gasteiger partial charge in [0.05, 0.1) is 25.8 Å². The highest BCUT2D eigenvalue weighted by Gasteiger charge is 2.45. The molecule has 0 saturated heterocycles. The molecule has 0 amide bonds. The number of phenols is 1. The number of phenolic OH excluding ortho intramolecular Hbond substituents is 1. The van der Waals surface area contributed by atoms with Gasteiger partial charge in [-0.1, -0.05) is 42.5 Å². The number of benzene rings is 4. The Kier molecular flexibility index (Phi) is 6.10. The second-order valence-corrected chi connectivity index (χ2v) is 10.2. The van der Waals surface area contributed by atoms with Crippen LogP contribution in [0.4, 0.5) is 5.69 Å². The van der Waals surface area contributed by atoms with E-state index < -0.39 is 5.97 Å². The summed E-state index contributed by atoms with van der Waals surface area (Å²) in [6, 6.07) is 22.3. The van der Waals surface area contributed by atoms with Crippen LogP contribution in [0.2, 0.25) is 0 Å². The average molecular weight is 536 g/mol. The first-order valence-corrected chi connectivity index (χ1v) is 13.0. The molecule has 1 heterocycles. The van der Waals surface area contributed by atoms with Crippen molar-refractivity contribution < 1.29 is 24.5 Å². The van der Waals surface area contributed by atoms with Crippen molar-refractivity contribution in [3.63, 3.8) is 0 Å². The number of nitrogens with two attached hydrogens (primary N) is 1. The van der Waals surface area contributed by atoms with Gasteiger partial charge in [0.15, 0.2) is 11.5 Å². The summed E-state index contributed by atoms with van der Waals surface area (Å²) in [7, 11) is 2.93. The Balaban J connectivity index is 1.64. The monoisotopic (exact) mass is 535 g/mol. The minimum absolute atomic E-state index is 0.00473. The summed E-state index contributed by atoms with van der Waals surface area (Å²) >= 11 is 0. The Bertz CT molecular complexity index is 1680. The van der Waals surface area contributed by atoms with Crippen molar-refractivity contribution in [2.24, 2.45) is 11.7 Å². The summed E-state index contributed by atoms with van der Waals surface area (Å²) < 4.78 is 11.3. The number of hydrogen-bond acceptors (Lipinski definition) is 6. The third-order valence-corrected chi connectivity index (χ3v) is 8.15. The normalized spacial score (nSPS) is 18.6. The first-order chi connectivity index (χ1) is 19.3. The van der Waals surface area contributed by atoms with E-state index in [2.05, 4.69) is 17.4 Å². The van der Waals surface area contributed by atoms with Crippen molar-refractivity contribution in [2.75, 3.05) is 19.5 Å². The maximum absolute atomic E-state index is 12.3. The van der Waals surface area contributed by atoms with E-state index in [0.29, 0.717) is 16.7 Å². The third-order valence-electron chi connectivity index (χ3n) is 8.15. The predicted octanol–water partition coefficient (Wildman–Crippen LogP) is 5.53. The fourth-order valence-corrected chi connectivity index (χ4v) is 6.44. The molecule has 0 aromatic heterocycles. The molecule has 0 saturated carbocycles. The number of aromatic hydroxyl groups is 1. The Morgan fingerprint density at radius 3 is 2.45 bits per heavy atom. The molecule has 0 fully saturated rings. The van der Waals surface area contributed by atoms with Gasteiger partial charge in [0, 0.05) is 28.3 Å². The van der Waals surface area contributed by atoms with E-state index in [1.807, 2.05) is 30.3 Å². The molecule has 2 aliphatic rings. The fourth-order valence-electron chi connectivity index (χ4n) is 6.44. The lowest BCUT2D eigenvalue weighted by Gasteiger charge is -2.39. The minimum atomic E-state index is -1.08. The molecule has 0 spiro atoms. The molecular formula is C32H29N3O5. The Hall–Kier alpha value is -4.98. The number of ether oxygens (including phenoxy) is 2. The van der Waals surface area contributed by atoms with Crippen molar-refractivity contribution in [2.45, 2.75) is 18.4 Å². The van der Waals surface area contributed by atoms with E-state index >= 15 is 0 Å². The number of methoxy groups -OCH3 is 2. The highest BCUT2D eigenvalue weighted by Crippen LogP contribution is 2.57. The van der Waals surface area contributed by atoms with Crippen molar-refractivity contribution in [3.8, 4) is 28.4 Å². The number of carboxylic acid groups (broad SMARTS) is 1.